The van der Waals surface area contributed by atoms with Gasteiger partial charge in [0.2, 0.25) is 0 Å². The fourth-order valence-electron chi connectivity index (χ4n) is 2.64. The Kier molecular flexibility index (Phi) is 4.66. The van der Waals surface area contributed by atoms with Crippen molar-refractivity contribution in [1.29, 1.82) is 0 Å². The van der Waals surface area contributed by atoms with E-state index in [9.17, 15) is 9.59 Å². The number of pyridine rings is 1. The molecule has 3 rings (SSSR count). The van der Waals surface area contributed by atoms with Crippen molar-refractivity contribution >= 4 is 29.2 Å². The van der Waals surface area contributed by atoms with E-state index < -0.39 is 5.97 Å². The third kappa shape index (κ3) is 3.49. The first-order valence-electron chi connectivity index (χ1n) is 7.54. The number of benzene rings is 1. The summed E-state index contributed by atoms with van der Waals surface area (Å²) in [6.07, 6.45) is 1.56. The molecule has 124 valence electrons. The maximum absolute atomic E-state index is 12.5. The van der Waals surface area contributed by atoms with Crippen molar-refractivity contribution in [2.45, 2.75) is 0 Å². The summed E-state index contributed by atoms with van der Waals surface area (Å²) < 4.78 is 0. The standard InChI is InChI=1S/C17H16ClN3O3/c18-13-3-1-12(2-4-13)16(22)21-9-7-20(8-10-21)14-5-6-15(17(23)24)19-11-14/h1-6,11H,7-10H2,(H,23,24). The van der Waals surface area contributed by atoms with Crippen LogP contribution in [0.15, 0.2) is 42.6 Å². The summed E-state index contributed by atoms with van der Waals surface area (Å²) in [5.74, 6) is -1.05. The largest absolute Gasteiger partial charge is 0.477 e. The second kappa shape index (κ2) is 6.88. The summed E-state index contributed by atoms with van der Waals surface area (Å²) in [4.78, 5) is 31.1. The van der Waals surface area contributed by atoms with E-state index in [1.54, 1.807) is 41.4 Å². The second-order valence-electron chi connectivity index (χ2n) is 5.49. The van der Waals surface area contributed by atoms with Crippen molar-refractivity contribution < 1.29 is 14.7 Å². The van der Waals surface area contributed by atoms with Gasteiger partial charge in [0.15, 0.2) is 0 Å². The first-order valence-corrected chi connectivity index (χ1v) is 7.91. The number of rotatable bonds is 3. The lowest BCUT2D eigenvalue weighted by molar-refractivity contribution is 0.0688. The second-order valence-corrected chi connectivity index (χ2v) is 5.93. The van der Waals surface area contributed by atoms with Gasteiger partial charge in [0.25, 0.3) is 5.91 Å². The smallest absolute Gasteiger partial charge is 0.354 e. The molecule has 0 radical (unpaired) electrons. The zero-order valence-corrected chi connectivity index (χ0v) is 13.6. The molecule has 2 aromatic rings. The van der Waals surface area contributed by atoms with Crippen LogP contribution >= 0.6 is 11.6 Å². The molecule has 0 unspecified atom stereocenters. The van der Waals surface area contributed by atoms with Gasteiger partial charge in [0.05, 0.1) is 11.9 Å². The Morgan fingerprint density at radius 1 is 1.00 bits per heavy atom. The molecule has 1 aromatic heterocycles. The Hall–Kier alpha value is -2.60. The number of halogens is 1. The van der Waals surface area contributed by atoms with Crippen molar-refractivity contribution in [1.82, 2.24) is 9.88 Å². The molecule has 7 heteroatoms. The van der Waals surface area contributed by atoms with E-state index >= 15 is 0 Å². The molecular weight excluding hydrogens is 330 g/mol. The van der Waals surface area contributed by atoms with E-state index in [1.165, 1.54) is 6.07 Å². The number of carboxylic acids is 1. The average Bonchev–Trinajstić information content (AvgIpc) is 2.62. The highest BCUT2D eigenvalue weighted by atomic mass is 35.5. The number of hydrogen-bond acceptors (Lipinski definition) is 4. The van der Waals surface area contributed by atoms with Crippen LogP contribution in [0.5, 0.6) is 0 Å². The Morgan fingerprint density at radius 3 is 2.21 bits per heavy atom. The highest BCUT2D eigenvalue weighted by Crippen LogP contribution is 2.17. The topological polar surface area (TPSA) is 73.7 Å². The molecule has 0 aliphatic carbocycles. The molecule has 2 heterocycles. The van der Waals surface area contributed by atoms with Crippen LogP contribution in [0.4, 0.5) is 5.69 Å². The van der Waals surface area contributed by atoms with Gasteiger partial charge in [-0.15, -0.1) is 0 Å². The lowest BCUT2D eigenvalue weighted by atomic mass is 10.1. The molecule has 1 aromatic carbocycles. The van der Waals surface area contributed by atoms with Gasteiger partial charge in [0.1, 0.15) is 5.69 Å². The van der Waals surface area contributed by atoms with Crippen molar-refractivity contribution in [3.8, 4) is 0 Å². The van der Waals surface area contributed by atoms with Gasteiger partial charge in [-0.1, -0.05) is 11.6 Å². The molecule has 0 atom stereocenters. The van der Waals surface area contributed by atoms with Crippen molar-refractivity contribution in [3.05, 3.63) is 58.9 Å². The van der Waals surface area contributed by atoms with E-state index in [0.717, 1.165) is 5.69 Å². The molecule has 1 amide bonds. The van der Waals surface area contributed by atoms with Gasteiger partial charge in [-0.25, -0.2) is 9.78 Å². The normalized spacial score (nSPS) is 14.5. The molecule has 1 saturated heterocycles. The maximum atomic E-state index is 12.5. The predicted octanol–water partition coefficient (Wildman–Crippen LogP) is 2.40. The highest BCUT2D eigenvalue weighted by Gasteiger charge is 2.22. The van der Waals surface area contributed by atoms with Crippen molar-refractivity contribution in [2.75, 3.05) is 31.1 Å². The first kappa shape index (κ1) is 16.3. The zero-order chi connectivity index (χ0) is 17.1. The van der Waals surface area contributed by atoms with Gasteiger partial charge in [-0.05, 0) is 36.4 Å². The molecule has 1 N–H and O–H groups in total. The molecule has 0 saturated carbocycles. The van der Waals surface area contributed by atoms with E-state index in [4.69, 9.17) is 16.7 Å². The van der Waals surface area contributed by atoms with Crippen molar-refractivity contribution in [2.24, 2.45) is 0 Å². The minimum Gasteiger partial charge on any atom is -0.477 e. The molecule has 0 bridgehead atoms. The van der Waals surface area contributed by atoms with Crippen LogP contribution in [-0.4, -0.2) is 53.0 Å². The number of aromatic carboxylic acids is 1. The molecule has 1 aliphatic rings. The van der Waals surface area contributed by atoms with Crippen LogP contribution in [-0.2, 0) is 0 Å². The predicted molar refractivity (Wildman–Crippen MR) is 90.8 cm³/mol. The minimum absolute atomic E-state index is 0.00864. The summed E-state index contributed by atoms with van der Waals surface area (Å²) >= 11 is 5.85. The van der Waals surface area contributed by atoms with E-state index in [-0.39, 0.29) is 11.6 Å². The maximum Gasteiger partial charge on any atom is 0.354 e. The highest BCUT2D eigenvalue weighted by molar-refractivity contribution is 6.30. The van der Waals surface area contributed by atoms with Gasteiger partial charge in [0, 0.05) is 36.8 Å². The van der Waals surface area contributed by atoms with Crippen LogP contribution in [0.1, 0.15) is 20.8 Å². The number of amides is 1. The van der Waals surface area contributed by atoms with Crippen LogP contribution in [0.3, 0.4) is 0 Å². The van der Waals surface area contributed by atoms with Gasteiger partial charge in [-0.2, -0.15) is 0 Å². The number of piperazine rings is 1. The van der Waals surface area contributed by atoms with Crippen LogP contribution in [0.2, 0.25) is 5.02 Å². The Balaban J connectivity index is 1.62. The summed E-state index contributed by atoms with van der Waals surface area (Å²) in [6, 6.07) is 10.1. The molecule has 0 spiro atoms. The van der Waals surface area contributed by atoms with Crippen LogP contribution < -0.4 is 4.90 Å². The van der Waals surface area contributed by atoms with E-state index in [1.807, 2.05) is 0 Å². The third-order valence-corrected chi connectivity index (χ3v) is 4.24. The van der Waals surface area contributed by atoms with Crippen molar-refractivity contribution in [3.63, 3.8) is 0 Å². The number of hydrogen-bond donors (Lipinski definition) is 1. The number of carbonyl (C=O) groups is 2. The van der Waals surface area contributed by atoms with Crippen LogP contribution in [0.25, 0.3) is 0 Å². The fourth-order valence-corrected chi connectivity index (χ4v) is 2.77. The molecule has 1 aliphatic heterocycles. The number of carboxylic acid groups (broad SMARTS) is 1. The summed E-state index contributed by atoms with van der Waals surface area (Å²) in [5.41, 5.74) is 1.51. The first-order chi connectivity index (χ1) is 11.5. The number of carbonyl (C=O) groups excluding carboxylic acids is 1. The Morgan fingerprint density at radius 2 is 1.67 bits per heavy atom. The number of nitrogens with zero attached hydrogens (tertiary/aromatic N) is 3. The Labute approximate surface area is 144 Å². The Bertz CT molecular complexity index is 739. The zero-order valence-electron chi connectivity index (χ0n) is 12.9. The molecule has 1 fully saturated rings. The van der Waals surface area contributed by atoms with Crippen LogP contribution in [0, 0.1) is 0 Å². The minimum atomic E-state index is -1.04. The summed E-state index contributed by atoms with van der Waals surface area (Å²) in [6.45, 7) is 2.55. The lowest BCUT2D eigenvalue weighted by Gasteiger charge is -2.36. The molecular formula is C17H16ClN3O3. The fraction of sp³-hybridized carbons (Fsp3) is 0.235. The molecule has 24 heavy (non-hydrogen) atoms. The van der Waals surface area contributed by atoms with Gasteiger partial charge < -0.3 is 14.9 Å². The monoisotopic (exact) mass is 345 g/mol. The van der Waals surface area contributed by atoms with Gasteiger partial charge in [-0.3, -0.25) is 4.79 Å². The number of anilines is 1. The number of aromatic nitrogens is 1. The quantitative estimate of drug-likeness (QED) is 0.924. The third-order valence-electron chi connectivity index (χ3n) is 3.99. The molecule has 6 nitrogen and oxygen atoms in total. The summed E-state index contributed by atoms with van der Waals surface area (Å²) in [5, 5.41) is 9.48. The van der Waals surface area contributed by atoms with E-state index in [2.05, 4.69) is 9.88 Å². The lowest BCUT2D eigenvalue weighted by Crippen LogP contribution is -2.48. The van der Waals surface area contributed by atoms with Gasteiger partial charge >= 0.3 is 5.97 Å². The van der Waals surface area contributed by atoms with E-state index in [0.29, 0.717) is 36.8 Å². The summed E-state index contributed by atoms with van der Waals surface area (Å²) in [7, 11) is 0. The average molecular weight is 346 g/mol. The SMILES string of the molecule is O=C(O)c1ccc(N2CCN(C(=O)c3ccc(Cl)cc3)CC2)cn1.